The van der Waals surface area contributed by atoms with Crippen LogP contribution in [0.15, 0.2) is 182 Å². The lowest BCUT2D eigenvalue weighted by Gasteiger charge is -2.46. The number of nitrogens with zero attached hydrogens (tertiary/aromatic N) is 2. The third-order valence-corrected chi connectivity index (χ3v) is 18.7. The summed E-state index contributed by atoms with van der Waals surface area (Å²) in [7, 11) is 0. The summed E-state index contributed by atoms with van der Waals surface area (Å²) >= 11 is 0. The third kappa shape index (κ3) is 6.58. The van der Waals surface area contributed by atoms with E-state index in [1.807, 2.05) is 0 Å². The molecule has 71 heavy (non-hydrogen) atoms. The number of fused-ring (bicyclic) bond motifs is 11. The Morgan fingerprint density at radius 3 is 1.28 bits per heavy atom. The maximum Gasteiger partial charge on any atom is 0.0697 e. The molecule has 12 rings (SSSR count). The van der Waals surface area contributed by atoms with Crippen molar-refractivity contribution in [2.45, 2.75) is 134 Å². The first-order chi connectivity index (χ1) is 34.4. The first-order valence-corrected chi connectivity index (χ1v) is 26.9. The van der Waals surface area contributed by atoms with Crippen molar-refractivity contribution in [3.8, 4) is 33.4 Å². The van der Waals surface area contributed by atoms with Gasteiger partial charge in [-0.3, -0.25) is 0 Å². The Hall–Kier alpha value is -6.64. The summed E-state index contributed by atoms with van der Waals surface area (Å²) in [5.41, 5.74) is 24.0. The molecule has 0 N–H and O–H groups in total. The molecule has 2 heteroatoms. The monoisotopic (exact) mass is 927 g/mol. The molecule has 0 radical (unpaired) electrons. The molecule has 0 aliphatic heterocycles. The van der Waals surface area contributed by atoms with E-state index in [-0.39, 0.29) is 27.3 Å². The van der Waals surface area contributed by atoms with Gasteiger partial charge in [0, 0.05) is 39.0 Å². The highest BCUT2D eigenvalue weighted by atomic mass is 15.2. The van der Waals surface area contributed by atoms with E-state index in [0.717, 1.165) is 19.3 Å². The number of para-hydroxylation sites is 2. The topological polar surface area (TPSA) is 6.48 Å². The predicted molar refractivity (Wildman–Crippen MR) is 301 cm³/mol. The van der Waals surface area contributed by atoms with Gasteiger partial charge in [0.05, 0.1) is 11.1 Å². The fourth-order valence-electron chi connectivity index (χ4n) is 14.6. The second-order valence-electron chi connectivity index (χ2n) is 22.7. The van der Waals surface area contributed by atoms with Crippen LogP contribution in [-0.4, -0.2) is 0 Å². The highest BCUT2D eigenvalue weighted by Gasteiger charge is 2.48. The minimum Gasteiger partial charge on any atom is -0.331 e. The Morgan fingerprint density at radius 1 is 0.366 bits per heavy atom. The van der Waals surface area contributed by atoms with Gasteiger partial charge in [-0.2, -0.15) is 0 Å². The Labute approximate surface area is 424 Å². The summed E-state index contributed by atoms with van der Waals surface area (Å²) in [5.74, 6) is 0. The molecule has 4 aliphatic carbocycles. The van der Waals surface area contributed by atoms with E-state index in [1.165, 1.54) is 122 Å². The molecule has 1 saturated carbocycles. The predicted octanol–water partition coefficient (Wildman–Crippen LogP) is 18.8. The first-order valence-electron chi connectivity index (χ1n) is 26.9. The average molecular weight is 927 g/mol. The zero-order valence-electron chi connectivity index (χ0n) is 43.4. The van der Waals surface area contributed by atoms with Crippen molar-refractivity contribution in [2.75, 3.05) is 9.80 Å². The molecule has 0 amide bonds. The van der Waals surface area contributed by atoms with E-state index in [4.69, 9.17) is 0 Å². The van der Waals surface area contributed by atoms with Crippen molar-refractivity contribution in [3.63, 3.8) is 0 Å². The number of anilines is 4. The van der Waals surface area contributed by atoms with Gasteiger partial charge in [0.25, 0.3) is 0 Å². The van der Waals surface area contributed by atoms with Crippen molar-refractivity contribution < 1.29 is 0 Å². The molecule has 8 aromatic rings. The van der Waals surface area contributed by atoms with Crippen molar-refractivity contribution in [2.24, 2.45) is 0 Å². The second kappa shape index (κ2) is 16.7. The van der Waals surface area contributed by atoms with Gasteiger partial charge in [-0.15, -0.1) is 0 Å². The third-order valence-electron chi connectivity index (χ3n) is 18.7. The summed E-state index contributed by atoms with van der Waals surface area (Å²) in [6, 6.07) is 70.5. The van der Waals surface area contributed by atoms with Crippen LogP contribution in [0.25, 0.3) is 33.4 Å². The largest absolute Gasteiger partial charge is 0.331 e. The van der Waals surface area contributed by atoms with E-state index >= 15 is 0 Å². The van der Waals surface area contributed by atoms with Gasteiger partial charge >= 0.3 is 0 Å². The lowest BCUT2D eigenvalue weighted by atomic mass is 9.66. The second-order valence-corrected chi connectivity index (χ2v) is 22.7. The van der Waals surface area contributed by atoms with Crippen LogP contribution in [-0.2, 0) is 27.3 Å². The van der Waals surface area contributed by atoms with Crippen LogP contribution in [0, 0.1) is 0 Å². The van der Waals surface area contributed by atoms with Gasteiger partial charge in [0.15, 0.2) is 0 Å². The molecule has 0 heterocycles. The van der Waals surface area contributed by atoms with Gasteiger partial charge in [-0.05, 0) is 165 Å². The SMILES string of the molecule is CCC(C)(c1ccc2c(c1)C1(CCCCC1)c1cc(C(CC)(CC)N(c3ccccc3)c3ccc4c(c3)C(C)(C)c3ccccc3-4)ccc1-2)N(c1ccccc1)c1ccc2c(c1)C(C)(C)c1ccccc1-2. The van der Waals surface area contributed by atoms with E-state index in [0.29, 0.717) is 0 Å². The van der Waals surface area contributed by atoms with E-state index in [2.05, 4.69) is 247 Å². The minimum absolute atomic E-state index is 0.0430. The molecule has 0 aromatic heterocycles. The van der Waals surface area contributed by atoms with Crippen LogP contribution in [0.2, 0.25) is 0 Å². The van der Waals surface area contributed by atoms with Crippen molar-refractivity contribution in [3.05, 3.63) is 226 Å². The summed E-state index contributed by atoms with van der Waals surface area (Å²) in [6.07, 6.45) is 9.04. The highest BCUT2D eigenvalue weighted by Crippen LogP contribution is 2.60. The maximum absolute atomic E-state index is 2.71. The molecule has 356 valence electrons. The molecule has 2 nitrogen and oxygen atoms in total. The minimum atomic E-state index is -0.336. The Morgan fingerprint density at radius 2 is 0.775 bits per heavy atom. The van der Waals surface area contributed by atoms with Crippen molar-refractivity contribution >= 4 is 22.7 Å². The summed E-state index contributed by atoms with van der Waals surface area (Å²) in [6.45, 7) is 19.3. The lowest BCUT2D eigenvalue weighted by molar-refractivity contribution is 0.349. The summed E-state index contributed by atoms with van der Waals surface area (Å²) in [5, 5.41) is 0. The Balaban J connectivity index is 0.988. The van der Waals surface area contributed by atoms with E-state index in [1.54, 1.807) is 11.1 Å². The van der Waals surface area contributed by atoms with Crippen LogP contribution in [0.3, 0.4) is 0 Å². The summed E-state index contributed by atoms with van der Waals surface area (Å²) in [4.78, 5) is 5.38. The van der Waals surface area contributed by atoms with Crippen LogP contribution in [0.5, 0.6) is 0 Å². The van der Waals surface area contributed by atoms with Crippen LogP contribution in [0.4, 0.5) is 22.7 Å². The number of benzene rings is 8. The van der Waals surface area contributed by atoms with Crippen LogP contribution >= 0.6 is 0 Å². The molecule has 1 fully saturated rings. The summed E-state index contributed by atoms with van der Waals surface area (Å²) < 4.78 is 0. The number of hydrogen-bond donors (Lipinski definition) is 0. The van der Waals surface area contributed by atoms with E-state index in [9.17, 15) is 0 Å². The van der Waals surface area contributed by atoms with Crippen LogP contribution < -0.4 is 9.80 Å². The molecular formula is C69H70N2. The molecule has 1 spiro atoms. The standard InChI is InChI=1S/C69H70N2/c1-9-67(8,70(49-25-15-12-16-26-49)51-35-39-55-53-29-19-21-31-59(53)65(4,5)61(55)45-51)47-33-37-57-58-38-34-48(44-64(58)68(63(57)43-47)41-23-14-24-42-68)69(10-2,11-3)71(50-27-17-13-18-28-50)52-36-40-56-54-30-20-22-32-60(54)66(6,7)62(56)46-52/h12-13,15-22,25-40,43-46H,9-11,14,23-24,41-42H2,1-8H3. The maximum atomic E-state index is 2.71. The fourth-order valence-corrected chi connectivity index (χ4v) is 14.6. The smallest absolute Gasteiger partial charge is 0.0697 e. The lowest BCUT2D eigenvalue weighted by Crippen LogP contribution is -2.43. The van der Waals surface area contributed by atoms with Crippen LogP contribution in [0.1, 0.15) is 151 Å². The number of hydrogen-bond acceptors (Lipinski definition) is 2. The molecule has 4 aliphatic rings. The van der Waals surface area contributed by atoms with E-state index < -0.39 is 0 Å². The quantitative estimate of drug-likeness (QED) is 0.128. The van der Waals surface area contributed by atoms with Gasteiger partial charge in [0.2, 0.25) is 0 Å². The fraction of sp³-hybridized carbons (Fsp3) is 0.304. The van der Waals surface area contributed by atoms with Gasteiger partial charge in [0.1, 0.15) is 0 Å². The van der Waals surface area contributed by atoms with Crippen molar-refractivity contribution in [1.29, 1.82) is 0 Å². The zero-order valence-corrected chi connectivity index (χ0v) is 43.4. The molecule has 0 saturated heterocycles. The molecule has 8 aromatic carbocycles. The average Bonchev–Trinajstić information content (AvgIpc) is 3.91. The molecule has 1 unspecified atom stereocenters. The Kier molecular flexibility index (Phi) is 10.7. The van der Waals surface area contributed by atoms with Gasteiger partial charge in [-0.1, -0.05) is 201 Å². The van der Waals surface area contributed by atoms with Gasteiger partial charge in [-0.25, -0.2) is 0 Å². The highest BCUT2D eigenvalue weighted by molar-refractivity contribution is 5.87. The number of rotatable bonds is 11. The van der Waals surface area contributed by atoms with Crippen molar-refractivity contribution in [1.82, 2.24) is 0 Å². The molecule has 0 bridgehead atoms. The zero-order chi connectivity index (χ0) is 48.9. The normalized spacial score (nSPS) is 17.1. The Bertz CT molecular complexity index is 3330. The first kappa shape index (κ1) is 45.5. The van der Waals surface area contributed by atoms with Gasteiger partial charge < -0.3 is 9.80 Å². The molecular weight excluding hydrogens is 857 g/mol. The molecule has 1 atom stereocenters.